The summed E-state index contributed by atoms with van der Waals surface area (Å²) >= 11 is 0. The van der Waals surface area contributed by atoms with Crippen LogP contribution >= 0.6 is 8.53 Å². The summed E-state index contributed by atoms with van der Waals surface area (Å²) < 4.78 is 46.4. The molecule has 0 spiro atoms. The first kappa shape index (κ1) is 43.1. The number of hydrogen-bond donors (Lipinski definition) is 2. The molecule has 0 radical (unpaired) electrons. The minimum atomic E-state index is -1.91. The molecule has 1 unspecified atom stereocenters. The summed E-state index contributed by atoms with van der Waals surface area (Å²) in [6.45, 7) is 7.94. The van der Waals surface area contributed by atoms with Crippen LogP contribution in [0.2, 0.25) is 0 Å². The van der Waals surface area contributed by atoms with E-state index in [9.17, 15) is 19.6 Å². The molecule has 5 atom stereocenters. The molecular weight excluding hydrogens is 753 g/mol. The van der Waals surface area contributed by atoms with Gasteiger partial charge >= 0.3 is 11.8 Å². The summed E-state index contributed by atoms with van der Waals surface area (Å²) in [6, 6.07) is 26.9. The molecule has 1 saturated heterocycles. The first-order valence-electron chi connectivity index (χ1n) is 18.5. The maximum atomic E-state index is 13.3. The molecule has 3 aromatic carbocycles. The number of rotatable bonds is 18. The first-order chi connectivity index (χ1) is 27.5. The number of aromatic amines is 1. The predicted octanol–water partition coefficient (Wildman–Crippen LogP) is 5.85. The topological polar surface area (TPSA) is 176 Å². The Morgan fingerprint density at radius 1 is 0.912 bits per heavy atom. The summed E-state index contributed by atoms with van der Waals surface area (Å²) in [7, 11) is 2.50. The minimum Gasteiger partial charge on any atom is -0.497 e. The van der Waals surface area contributed by atoms with Crippen LogP contribution in [0.4, 0.5) is 4.79 Å². The highest BCUT2D eigenvalue weighted by atomic mass is 31.2. The van der Waals surface area contributed by atoms with Gasteiger partial charge in [0, 0.05) is 24.3 Å². The van der Waals surface area contributed by atoms with E-state index >= 15 is 0 Å². The second-order valence-corrected chi connectivity index (χ2v) is 15.1. The second-order valence-electron chi connectivity index (χ2n) is 13.7. The summed E-state index contributed by atoms with van der Waals surface area (Å²) in [4.78, 5) is 40.8. The van der Waals surface area contributed by atoms with Crippen molar-refractivity contribution in [3.05, 3.63) is 129 Å². The Hall–Kier alpha value is -5.07. The lowest BCUT2D eigenvalue weighted by Gasteiger charge is -2.39. The number of H-pyrrole nitrogens is 1. The molecule has 4 aromatic rings. The van der Waals surface area contributed by atoms with Crippen LogP contribution in [-0.4, -0.2) is 85.2 Å². The molecule has 1 amide bonds. The van der Waals surface area contributed by atoms with Crippen LogP contribution in [0.15, 0.2) is 101 Å². The van der Waals surface area contributed by atoms with Crippen LogP contribution in [0.5, 0.6) is 11.5 Å². The number of methoxy groups -OCH3 is 3. The number of nitrogens with one attached hydrogen (secondary N) is 2. The molecule has 1 aromatic heterocycles. The Morgan fingerprint density at radius 2 is 1.49 bits per heavy atom. The van der Waals surface area contributed by atoms with Gasteiger partial charge in [0.1, 0.15) is 35.3 Å². The first-order valence-corrected chi connectivity index (χ1v) is 19.6. The van der Waals surface area contributed by atoms with E-state index in [0.717, 1.165) is 16.7 Å². The highest BCUT2D eigenvalue weighted by Crippen LogP contribution is 2.51. The lowest BCUT2D eigenvalue weighted by Crippen LogP contribution is -2.50. The summed E-state index contributed by atoms with van der Waals surface area (Å²) in [6.07, 6.45) is -2.63. The van der Waals surface area contributed by atoms with Crippen molar-refractivity contribution in [2.75, 3.05) is 34.5 Å². The molecule has 57 heavy (non-hydrogen) atoms. The van der Waals surface area contributed by atoms with Gasteiger partial charge in [0.2, 0.25) is 0 Å². The standard InChI is InChI=1S/C41H50N5O10P/c1-27(2)46(28(3)4)57(54-25-11-23-42)56-37-34(55-38(36(37)44-40(49)52-7)45-24-22-35(47)43-39(45)48)26-53-41(29-12-9-8-10-13-29,30-14-18-32(50-5)19-15-30)31-16-20-33(51-6)21-17-31/h8-10,12-22,24,27-28,34,36-38H,11,25-26H2,1-7H3,(H,44,49)(H,43,47,48)/t34-,36-,37-,38-,57?/m1/s1. The molecule has 304 valence electrons. The van der Waals surface area contributed by atoms with Gasteiger partial charge in [0.15, 0.2) is 6.23 Å². The van der Waals surface area contributed by atoms with E-state index in [-0.39, 0.29) is 31.7 Å². The fourth-order valence-corrected chi connectivity index (χ4v) is 8.68. The van der Waals surface area contributed by atoms with Gasteiger partial charge in [-0.25, -0.2) is 14.3 Å². The SMILES string of the molecule is COC(=O)N[C@@H]1[C@H](OP(OCCC#N)N(C(C)C)C(C)C)[C@@H](COC(c2ccccc2)(c2ccc(OC)cc2)c2ccc(OC)cc2)O[C@H]1n1ccc(=O)[nH]c1=O. The third kappa shape index (κ3) is 9.91. The van der Waals surface area contributed by atoms with Gasteiger partial charge in [-0.3, -0.25) is 14.3 Å². The molecule has 0 saturated carbocycles. The lowest BCUT2D eigenvalue weighted by atomic mass is 9.80. The number of alkyl carbamates (subject to hydrolysis) is 1. The van der Waals surface area contributed by atoms with E-state index in [2.05, 4.69) is 16.4 Å². The third-order valence-electron chi connectivity index (χ3n) is 9.45. The smallest absolute Gasteiger partial charge is 0.407 e. The summed E-state index contributed by atoms with van der Waals surface area (Å²) in [5.41, 5.74) is -0.312. The largest absolute Gasteiger partial charge is 0.497 e. The number of carbonyl (C=O) groups excluding carboxylic acids is 1. The van der Waals surface area contributed by atoms with Gasteiger partial charge in [-0.05, 0) is 68.7 Å². The average Bonchev–Trinajstić information content (AvgIpc) is 3.53. The molecule has 1 aliphatic heterocycles. The van der Waals surface area contributed by atoms with Crippen LogP contribution in [0.25, 0.3) is 0 Å². The molecule has 2 heterocycles. The Kier molecular flexibility index (Phi) is 15.0. The van der Waals surface area contributed by atoms with Gasteiger partial charge in [-0.2, -0.15) is 5.26 Å². The number of carbonyl (C=O) groups is 1. The summed E-state index contributed by atoms with van der Waals surface area (Å²) in [5.74, 6) is 1.30. The zero-order chi connectivity index (χ0) is 41.1. The number of ether oxygens (including phenoxy) is 5. The van der Waals surface area contributed by atoms with Crippen LogP contribution in [0.3, 0.4) is 0 Å². The van der Waals surface area contributed by atoms with Gasteiger partial charge in [-0.15, -0.1) is 0 Å². The maximum Gasteiger partial charge on any atom is 0.407 e. The van der Waals surface area contributed by atoms with Crippen molar-refractivity contribution in [1.82, 2.24) is 19.5 Å². The van der Waals surface area contributed by atoms with E-state index in [4.69, 9.17) is 32.7 Å². The molecular formula is C41H50N5O10P. The maximum absolute atomic E-state index is 13.3. The van der Waals surface area contributed by atoms with Crippen molar-refractivity contribution >= 4 is 14.6 Å². The molecule has 16 heteroatoms. The number of benzene rings is 3. The number of nitriles is 1. The minimum absolute atomic E-state index is 0.0595. The summed E-state index contributed by atoms with van der Waals surface area (Å²) in [5, 5.41) is 12.2. The Labute approximate surface area is 333 Å². The lowest BCUT2D eigenvalue weighted by molar-refractivity contribution is -0.0928. The second kappa shape index (κ2) is 19.9. The van der Waals surface area contributed by atoms with Crippen molar-refractivity contribution < 1.29 is 37.5 Å². The Morgan fingerprint density at radius 3 is 2.00 bits per heavy atom. The van der Waals surface area contributed by atoms with Crippen LogP contribution < -0.4 is 26.0 Å². The molecule has 1 aliphatic rings. The number of nitrogens with zero attached hydrogens (tertiary/aromatic N) is 3. The van der Waals surface area contributed by atoms with E-state index in [1.165, 1.54) is 23.9 Å². The molecule has 15 nitrogen and oxygen atoms in total. The van der Waals surface area contributed by atoms with E-state index in [1.54, 1.807) is 14.2 Å². The molecule has 2 N–H and O–H groups in total. The van der Waals surface area contributed by atoms with Gasteiger partial charge in [0.25, 0.3) is 14.1 Å². The van der Waals surface area contributed by atoms with Gasteiger partial charge < -0.3 is 38.0 Å². The molecule has 1 fully saturated rings. The number of aromatic nitrogens is 2. The highest BCUT2D eigenvalue weighted by molar-refractivity contribution is 7.44. The molecule has 0 bridgehead atoms. The van der Waals surface area contributed by atoms with Crippen molar-refractivity contribution in [3.63, 3.8) is 0 Å². The van der Waals surface area contributed by atoms with Crippen molar-refractivity contribution in [3.8, 4) is 17.6 Å². The average molecular weight is 804 g/mol. The quantitative estimate of drug-likeness (QED) is 0.0699. The van der Waals surface area contributed by atoms with Crippen molar-refractivity contribution in [2.24, 2.45) is 0 Å². The third-order valence-corrected chi connectivity index (χ3v) is 11.6. The van der Waals surface area contributed by atoms with E-state index in [0.29, 0.717) is 11.5 Å². The van der Waals surface area contributed by atoms with E-state index < -0.39 is 55.9 Å². The van der Waals surface area contributed by atoms with Crippen LogP contribution in [0, 0.1) is 11.3 Å². The predicted molar refractivity (Wildman–Crippen MR) is 213 cm³/mol. The Bertz CT molecular complexity index is 2000. The molecule has 0 aliphatic carbocycles. The van der Waals surface area contributed by atoms with Crippen LogP contribution in [-0.2, 0) is 28.9 Å². The fourth-order valence-electron chi connectivity index (χ4n) is 6.90. The van der Waals surface area contributed by atoms with Gasteiger partial charge in [0.05, 0.1) is 47.0 Å². The number of amides is 1. The monoisotopic (exact) mass is 803 g/mol. The zero-order valence-electron chi connectivity index (χ0n) is 33.1. The Balaban J connectivity index is 1.69. The van der Waals surface area contributed by atoms with Gasteiger partial charge in [-0.1, -0.05) is 54.6 Å². The van der Waals surface area contributed by atoms with Crippen molar-refractivity contribution in [1.29, 1.82) is 5.26 Å². The highest BCUT2D eigenvalue weighted by Gasteiger charge is 2.51. The van der Waals surface area contributed by atoms with E-state index in [1.807, 2.05) is 111 Å². The zero-order valence-corrected chi connectivity index (χ0v) is 34.0. The van der Waals surface area contributed by atoms with Crippen molar-refractivity contribution in [2.45, 2.75) is 76.3 Å². The van der Waals surface area contributed by atoms with Crippen LogP contribution in [0.1, 0.15) is 57.0 Å². The fraction of sp³-hybridized carbons (Fsp3) is 0.415. The normalized spacial score (nSPS) is 18.7. The number of hydrogen-bond acceptors (Lipinski definition) is 12. The molecule has 5 rings (SSSR count).